The lowest BCUT2D eigenvalue weighted by molar-refractivity contribution is 0.302. The summed E-state index contributed by atoms with van der Waals surface area (Å²) in [6, 6.07) is 8.61. The van der Waals surface area contributed by atoms with Crippen LogP contribution >= 0.6 is 11.6 Å². The maximum Gasteiger partial charge on any atom is 0.0453 e. The fourth-order valence-electron chi connectivity index (χ4n) is 2.98. The summed E-state index contributed by atoms with van der Waals surface area (Å²) >= 11 is 6.36. The molecule has 1 aromatic rings. The normalized spacial score (nSPS) is 21.2. The highest BCUT2D eigenvalue weighted by atomic mass is 35.5. The van der Waals surface area contributed by atoms with Crippen molar-refractivity contribution in [1.29, 1.82) is 0 Å². The van der Waals surface area contributed by atoms with Crippen LogP contribution in [-0.2, 0) is 0 Å². The predicted molar refractivity (Wildman–Crippen MR) is 87.3 cm³/mol. The van der Waals surface area contributed by atoms with Gasteiger partial charge in [-0.15, -0.1) is 0 Å². The fourth-order valence-corrected chi connectivity index (χ4v) is 3.25. The molecule has 20 heavy (non-hydrogen) atoms. The molecule has 0 amide bonds. The topological polar surface area (TPSA) is 15.3 Å². The molecule has 1 N–H and O–H groups in total. The first-order chi connectivity index (χ1) is 9.70. The van der Waals surface area contributed by atoms with E-state index in [1.54, 1.807) is 0 Å². The van der Waals surface area contributed by atoms with Crippen LogP contribution in [0.15, 0.2) is 24.3 Å². The molecule has 2 rings (SSSR count). The van der Waals surface area contributed by atoms with Gasteiger partial charge in [-0.05, 0) is 56.4 Å². The van der Waals surface area contributed by atoms with Crippen molar-refractivity contribution in [2.75, 3.05) is 26.2 Å². The van der Waals surface area contributed by atoms with Gasteiger partial charge < -0.3 is 10.2 Å². The monoisotopic (exact) mass is 294 g/mol. The molecule has 1 saturated heterocycles. The van der Waals surface area contributed by atoms with Crippen molar-refractivity contribution in [3.05, 3.63) is 34.9 Å². The van der Waals surface area contributed by atoms with Crippen molar-refractivity contribution in [2.24, 2.45) is 5.92 Å². The van der Waals surface area contributed by atoms with Crippen molar-refractivity contribution in [2.45, 2.75) is 39.2 Å². The predicted octanol–water partition coefficient (Wildman–Crippen LogP) is 4.11. The molecule has 2 nitrogen and oxygen atoms in total. The Kier molecular flexibility index (Phi) is 6.34. The van der Waals surface area contributed by atoms with Gasteiger partial charge in [-0.2, -0.15) is 0 Å². The van der Waals surface area contributed by atoms with E-state index < -0.39 is 0 Å². The van der Waals surface area contributed by atoms with Crippen molar-refractivity contribution < 1.29 is 0 Å². The highest BCUT2D eigenvalue weighted by molar-refractivity contribution is 6.31. The van der Waals surface area contributed by atoms with Gasteiger partial charge in [0.25, 0.3) is 0 Å². The SMILES string of the molecule is CCCNC(CCN1CCC(C)C1)c1ccccc1Cl. The van der Waals surface area contributed by atoms with Crippen LogP contribution in [0.25, 0.3) is 0 Å². The smallest absolute Gasteiger partial charge is 0.0453 e. The zero-order valence-electron chi connectivity index (χ0n) is 12.7. The minimum atomic E-state index is 0.375. The molecule has 1 aliphatic rings. The van der Waals surface area contributed by atoms with Crippen LogP contribution < -0.4 is 5.32 Å². The highest BCUT2D eigenvalue weighted by Gasteiger charge is 2.20. The lowest BCUT2D eigenvalue weighted by Gasteiger charge is -2.23. The van der Waals surface area contributed by atoms with Crippen LogP contribution in [-0.4, -0.2) is 31.1 Å². The Morgan fingerprint density at radius 2 is 2.20 bits per heavy atom. The molecule has 2 unspecified atom stereocenters. The summed E-state index contributed by atoms with van der Waals surface area (Å²) < 4.78 is 0. The van der Waals surface area contributed by atoms with Gasteiger partial charge in [0.15, 0.2) is 0 Å². The van der Waals surface area contributed by atoms with E-state index in [0.29, 0.717) is 6.04 Å². The molecule has 2 atom stereocenters. The van der Waals surface area contributed by atoms with Gasteiger partial charge in [-0.1, -0.05) is 43.6 Å². The number of hydrogen-bond acceptors (Lipinski definition) is 2. The molecule has 3 heteroatoms. The number of likely N-dealkylation sites (tertiary alicyclic amines) is 1. The second kappa shape index (κ2) is 8.02. The summed E-state index contributed by atoms with van der Waals surface area (Å²) in [5.74, 6) is 0.859. The first-order valence-electron chi connectivity index (χ1n) is 7.91. The molecule has 0 spiro atoms. The van der Waals surface area contributed by atoms with E-state index in [9.17, 15) is 0 Å². The van der Waals surface area contributed by atoms with Gasteiger partial charge in [0.2, 0.25) is 0 Å². The van der Waals surface area contributed by atoms with Crippen LogP contribution in [0.2, 0.25) is 5.02 Å². The molecule has 0 radical (unpaired) electrons. The van der Waals surface area contributed by atoms with E-state index in [1.165, 1.54) is 25.1 Å². The standard InChI is InChI=1S/C17H27ClN2/c1-3-10-19-17(15-6-4-5-7-16(15)18)9-12-20-11-8-14(2)13-20/h4-7,14,17,19H,3,8-13H2,1-2H3. The maximum absolute atomic E-state index is 6.36. The van der Waals surface area contributed by atoms with Crippen molar-refractivity contribution >= 4 is 11.6 Å². The number of rotatable bonds is 7. The fraction of sp³-hybridized carbons (Fsp3) is 0.647. The van der Waals surface area contributed by atoms with Gasteiger partial charge in [-0.3, -0.25) is 0 Å². The zero-order valence-corrected chi connectivity index (χ0v) is 13.5. The number of hydrogen-bond donors (Lipinski definition) is 1. The largest absolute Gasteiger partial charge is 0.310 e. The minimum absolute atomic E-state index is 0.375. The van der Waals surface area contributed by atoms with E-state index in [1.807, 2.05) is 12.1 Å². The maximum atomic E-state index is 6.36. The second-order valence-corrected chi connectivity index (χ2v) is 6.42. The Balaban J connectivity index is 1.95. The Morgan fingerprint density at radius 3 is 2.85 bits per heavy atom. The minimum Gasteiger partial charge on any atom is -0.310 e. The quantitative estimate of drug-likeness (QED) is 0.814. The summed E-state index contributed by atoms with van der Waals surface area (Å²) in [5, 5.41) is 4.54. The Hall–Kier alpha value is -0.570. The van der Waals surface area contributed by atoms with Crippen molar-refractivity contribution in [1.82, 2.24) is 10.2 Å². The zero-order chi connectivity index (χ0) is 14.4. The van der Waals surface area contributed by atoms with E-state index in [4.69, 9.17) is 11.6 Å². The van der Waals surface area contributed by atoms with Gasteiger partial charge in [-0.25, -0.2) is 0 Å². The molecule has 112 valence electrons. The first kappa shape index (κ1) is 15.8. The Bertz CT molecular complexity index is 408. The molecule has 0 bridgehead atoms. The number of nitrogens with zero attached hydrogens (tertiary/aromatic N) is 1. The van der Waals surface area contributed by atoms with Crippen molar-refractivity contribution in [3.8, 4) is 0 Å². The van der Waals surface area contributed by atoms with E-state index >= 15 is 0 Å². The summed E-state index contributed by atoms with van der Waals surface area (Å²) in [5.41, 5.74) is 1.25. The van der Waals surface area contributed by atoms with Crippen LogP contribution in [0.5, 0.6) is 0 Å². The summed E-state index contributed by atoms with van der Waals surface area (Å²) in [7, 11) is 0. The number of benzene rings is 1. The highest BCUT2D eigenvalue weighted by Crippen LogP contribution is 2.26. The number of halogens is 1. The molecule has 0 saturated carbocycles. The lowest BCUT2D eigenvalue weighted by Crippen LogP contribution is -2.29. The third kappa shape index (κ3) is 4.47. The molecular weight excluding hydrogens is 268 g/mol. The van der Waals surface area contributed by atoms with Gasteiger partial charge >= 0.3 is 0 Å². The Morgan fingerprint density at radius 1 is 1.40 bits per heavy atom. The molecular formula is C17H27ClN2. The van der Waals surface area contributed by atoms with Crippen LogP contribution in [0, 0.1) is 5.92 Å². The molecule has 1 heterocycles. The van der Waals surface area contributed by atoms with Crippen LogP contribution in [0.3, 0.4) is 0 Å². The van der Waals surface area contributed by atoms with Gasteiger partial charge in [0.1, 0.15) is 0 Å². The molecule has 1 fully saturated rings. The summed E-state index contributed by atoms with van der Waals surface area (Å²) in [4.78, 5) is 2.59. The number of nitrogens with one attached hydrogen (secondary N) is 1. The molecule has 0 aliphatic carbocycles. The third-order valence-electron chi connectivity index (χ3n) is 4.16. The van der Waals surface area contributed by atoms with Gasteiger partial charge in [0.05, 0.1) is 0 Å². The van der Waals surface area contributed by atoms with Gasteiger partial charge in [0, 0.05) is 17.6 Å². The van der Waals surface area contributed by atoms with E-state index in [-0.39, 0.29) is 0 Å². The average Bonchev–Trinajstić information content (AvgIpc) is 2.86. The average molecular weight is 295 g/mol. The summed E-state index contributed by atoms with van der Waals surface area (Å²) in [6.07, 6.45) is 3.64. The van der Waals surface area contributed by atoms with E-state index in [2.05, 4.69) is 36.2 Å². The lowest BCUT2D eigenvalue weighted by atomic mass is 10.0. The second-order valence-electron chi connectivity index (χ2n) is 6.01. The third-order valence-corrected chi connectivity index (χ3v) is 4.51. The van der Waals surface area contributed by atoms with Crippen molar-refractivity contribution in [3.63, 3.8) is 0 Å². The molecule has 0 aromatic heterocycles. The Labute approximate surface area is 128 Å². The van der Waals surface area contributed by atoms with Crippen LogP contribution in [0.1, 0.15) is 44.7 Å². The molecule has 1 aliphatic heterocycles. The molecule has 1 aromatic carbocycles. The summed E-state index contributed by atoms with van der Waals surface area (Å²) in [6.45, 7) is 9.27. The van der Waals surface area contributed by atoms with Crippen LogP contribution in [0.4, 0.5) is 0 Å². The van der Waals surface area contributed by atoms with E-state index in [0.717, 1.165) is 36.9 Å². The first-order valence-corrected chi connectivity index (χ1v) is 8.28.